The number of nitrogens with zero attached hydrogens (tertiary/aromatic N) is 2. The fraction of sp³-hybridized carbons (Fsp3) is 0.429. The molecule has 2 atom stereocenters. The molecule has 1 saturated heterocycles. The van der Waals surface area contributed by atoms with E-state index in [0.717, 1.165) is 51.6 Å². The molecule has 7 nitrogen and oxygen atoms in total. The van der Waals surface area contributed by atoms with E-state index in [1.807, 2.05) is 24.3 Å². The maximum absolute atomic E-state index is 13.9. The van der Waals surface area contributed by atoms with Crippen molar-refractivity contribution in [2.75, 3.05) is 20.2 Å². The van der Waals surface area contributed by atoms with Gasteiger partial charge in [-0.2, -0.15) is 0 Å². The molecule has 5 rings (SSSR count). The number of nitrogens with two attached hydrogens (primary N) is 1. The summed E-state index contributed by atoms with van der Waals surface area (Å²) in [7, 11) is 1.60. The van der Waals surface area contributed by atoms with Crippen LogP contribution in [-0.4, -0.2) is 66.0 Å². The van der Waals surface area contributed by atoms with E-state index in [4.69, 9.17) is 10.5 Å². The van der Waals surface area contributed by atoms with Crippen LogP contribution in [0.15, 0.2) is 84.9 Å². The molecule has 0 radical (unpaired) electrons. The van der Waals surface area contributed by atoms with Crippen molar-refractivity contribution in [1.82, 2.24) is 15.1 Å². The third-order valence-electron chi connectivity index (χ3n) is 8.85. The fourth-order valence-electron chi connectivity index (χ4n) is 6.38. The van der Waals surface area contributed by atoms with Crippen molar-refractivity contribution in [2.45, 2.75) is 75.7 Å². The molecular weight excluding hydrogens is 524 g/mol. The van der Waals surface area contributed by atoms with Gasteiger partial charge < -0.3 is 20.7 Å². The quantitative estimate of drug-likeness (QED) is 0.367. The number of amides is 2. The summed E-state index contributed by atoms with van der Waals surface area (Å²) >= 11 is 0. The topological polar surface area (TPSA) is 87.9 Å². The van der Waals surface area contributed by atoms with Crippen molar-refractivity contribution in [3.05, 3.63) is 102 Å². The Balaban J connectivity index is 1.37. The summed E-state index contributed by atoms with van der Waals surface area (Å²) in [4.78, 5) is 32.1. The lowest BCUT2D eigenvalue weighted by atomic mass is 9.90. The molecule has 1 aliphatic heterocycles. The Hall–Kier alpha value is -3.68. The van der Waals surface area contributed by atoms with Crippen molar-refractivity contribution >= 4 is 11.8 Å². The first kappa shape index (κ1) is 29.8. The van der Waals surface area contributed by atoms with E-state index >= 15 is 0 Å². The Labute approximate surface area is 250 Å². The van der Waals surface area contributed by atoms with Gasteiger partial charge in [0.15, 0.2) is 0 Å². The average Bonchev–Trinajstić information content (AvgIpc) is 3.04. The lowest BCUT2D eigenvalue weighted by Gasteiger charge is -2.43. The summed E-state index contributed by atoms with van der Waals surface area (Å²) in [6, 6.07) is 28.2. The van der Waals surface area contributed by atoms with E-state index in [0.29, 0.717) is 24.3 Å². The van der Waals surface area contributed by atoms with E-state index in [2.05, 4.69) is 58.7 Å². The zero-order valence-electron chi connectivity index (χ0n) is 24.7. The number of methoxy groups -OCH3 is 1. The largest absolute Gasteiger partial charge is 0.497 e. The van der Waals surface area contributed by atoms with Crippen LogP contribution < -0.4 is 15.8 Å². The van der Waals surface area contributed by atoms with Crippen LogP contribution in [-0.2, 0) is 17.8 Å². The van der Waals surface area contributed by atoms with E-state index in [-0.39, 0.29) is 29.9 Å². The van der Waals surface area contributed by atoms with Crippen LogP contribution in [0.1, 0.15) is 60.0 Å². The number of likely N-dealkylation sites (tertiary alicyclic amines) is 1. The highest BCUT2D eigenvalue weighted by atomic mass is 16.5. The molecule has 0 bridgehead atoms. The SMILES string of the molecule is COc1cccc(C(=O)N2CCC(N(CCc3ccccc3)Cc3ccccc3)C[C@@H]2C(=O)NC2CCC(N)CC2)c1. The lowest BCUT2D eigenvalue weighted by molar-refractivity contribution is -0.128. The second-order valence-electron chi connectivity index (χ2n) is 11.7. The summed E-state index contributed by atoms with van der Waals surface area (Å²) in [6.07, 6.45) is 5.91. The van der Waals surface area contributed by atoms with Gasteiger partial charge in [-0.3, -0.25) is 14.5 Å². The zero-order valence-corrected chi connectivity index (χ0v) is 24.7. The average molecular weight is 569 g/mol. The van der Waals surface area contributed by atoms with E-state index in [1.54, 1.807) is 24.1 Å². The van der Waals surface area contributed by atoms with E-state index < -0.39 is 6.04 Å². The Morgan fingerprint density at radius 1 is 0.905 bits per heavy atom. The van der Waals surface area contributed by atoms with Gasteiger partial charge in [0.25, 0.3) is 5.91 Å². The third-order valence-corrected chi connectivity index (χ3v) is 8.85. The Morgan fingerprint density at radius 3 is 2.29 bits per heavy atom. The molecule has 1 saturated carbocycles. The van der Waals surface area contributed by atoms with Gasteiger partial charge in [-0.25, -0.2) is 0 Å². The number of benzene rings is 3. The smallest absolute Gasteiger partial charge is 0.254 e. The van der Waals surface area contributed by atoms with Crippen LogP contribution in [0.3, 0.4) is 0 Å². The fourth-order valence-corrected chi connectivity index (χ4v) is 6.38. The number of hydrogen-bond donors (Lipinski definition) is 2. The number of piperidine rings is 1. The number of ether oxygens (including phenoxy) is 1. The molecule has 2 fully saturated rings. The number of hydrogen-bond acceptors (Lipinski definition) is 5. The maximum atomic E-state index is 13.9. The van der Waals surface area contributed by atoms with Gasteiger partial charge >= 0.3 is 0 Å². The molecule has 1 aliphatic carbocycles. The van der Waals surface area contributed by atoms with E-state index in [1.165, 1.54) is 11.1 Å². The molecule has 1 unspecified atom stereocenters. The van der Waals surface area contributed by atoms with Crippen molar-refractivity contribution in [3.8, 4) is 5.75 Å². The van der Waals surface area contributed by atoms with Crippen molar-refractivity contribution in [1.29, 1.82) is 0 Å². The monoisotopic (exact) mass is 568 g/mol. The van der Waals surface area contributed by atoms with Gasteiger partial charge in [0.05, 0.1) is 7.11 Å². The second-order valence-corrected chi connectivity index (χ2v) is 11.7. The first-order chi connectivity index (χ1) is 20.5. The molecule has 222 valence electrons. The molecule has 42 heavy (non-hydrogen) atoms. The molecule has 3 aromatic rings. The second kappa shape index (κ2) is 14.5. The van der Waals surface area contributed by atoms with Gasteiger partial charge in [0.2, 0.25) is 5.91 Å². The van der Waals surface area contributed by atoms with Crippen molar-refractivity contribution < 1.29 is 14.3 Å². The molecule has 1 heterocycles. The van der Waals surface area contributed by atoms with Gasteiger partial charge in [-0.15, -0.1) is 0 Å². The first-order valence-corrected chi connectivity index (χ1v) is 15.3. The molecule has 3 N–H and O–H groups in total. The lowest BCUT2D eigenvalue weighted by Crippen LogP contribution is -2.58. The summed E-state index contributed by atoms with van der Waals surface area (Å²) in [5, 5.41) is 3.30. The molecule has 7 heteroatoms. The first-order valence-electron chi connectivity index (χ1n) is 15.3. The summed E-state index contributed by atoms with van der Waals surface area (Å²) in [6.45, 7) is 2.20. The Kier molecular flexibility index (Phi) is 10.3. The van der Waals surface area contributed by atoms with Crippen molar-refractivity contribution in [3.63, 3.8) is 0 Å². The van der Waals surface area contributed by atoms with Crippen LogP contribution >= 0.6 is 0 Å². The zero-order chi connectivity index (χ0) is 29.3. The molecule has 0 aromatic heterocycles. The number of nitrogens with one attached hydrogen (secondary N) is 1. The normalized spacial score (nSPS) is 22.5. The predicted molar refractivity (Wildman–Crippen MR) is 166 cm³/mol. The van der Waals surface area contributed by atoms with Crippen LogP contribution in [0.2, 0.25) is 0 Å². The van der Waals surface area contributed by atoms with Gasteiger partial charge in [0.1, 0.15) is 11.8 Å². The highest BCUT2D eigenvalue weighted by Crippen LogP contribution is 2.28. The number of carbonyl (C=O) groups excluding carboxylic acids is 2. The van der Waals surface area contributed by atoms with Crippen LogP contribution in [0.25, 0.3) is 0 Å². The standard InChI is InChI=1S/C35H44N4O3/c1-42-32-14-8-13-28(23-32)35(41)39-22-20-31(24-33(39)34(40)37-30-17-15-29(36)16-18-30)38(25-27-11-6-3-7-12-27)21-19-26-9-4-2-5-10-26/h2-14,23,29-31,33H,15-22,24-25,36H2,1H3,(H,37,40)/t29?,30?,31?,33-/m1/s1. The number of carbonyl (C=O) groups is 2. The minimum Gasteiger partial charge on any atom is -0.497 e. The van der Waals surface area contributed by atoms with Crippen LogP contribution in [0.5, 0.6) is 5.75 Å². The molecule has 3 aromatic carbocycles. The summed E-state index contributed by atoms with van der Waals surface area (Å²) in [5.41, 5.74) is 9.21. The molecular formula is C35H44N4O3. The van der Waals surface area contributed by atoms with Gasteiger partial charge in [0, 0.05) is 43.3 Å². The molecule has 2 aliphatic rings. The number of rotatable bonds is 10. The molecule has 0 spiro atoms. The molecule has 2 amide bonds. The third kappa shape index (κ3) is 7.78. The van der Waals surface area contributed by atoms with Crippen LogP contribution in [0, 0.1) is 0 Å². The summed E-state index contributed by atoms with van der Waals surface area (Å²) < 4.78 is 5.38. The Bertz CT molecular complexity index is 1290. The highest BCUT2D eigenvalue weighted by molar-refractivity contribution is 5.98. The minimum atomic E-state index is -0.548. The minimum absolute atomic E-state index is 0.0564. The van der Waals surface area contributed by atoms with Crippen molar-refractivity contribution in [2.24, 2.45) is 5.73 Å². The van der Waals surface area contributed by atoms with E-state index in [9.17, 15) is 9.59 Å². The van der Waals surface area contributed by atoms with Gasteiger partial charge in [-0.1, -0.05) is 66.7 Å². The Morgan fingerprint density at radius 2 is 1.60 bits per heavy atom. The predicted octanol–water partition coefficient (Wildman–Crippen LogP) is 4.80. The van der Waals surface area contributed by atoms with Crippen LogP contribution in [0.4, 0.5) is 0 Å². The maximum Gasteiger partial charge on any atom is 0.254 e. The highest BCUT2D eigenvalue weighted by Gasteiger charge is 2.39. The van der Waals surface area contributed by atoms with Gasteiger partial charge in [-0.05, 0) is 74.3 Å². The summed E-state index contributed by atoms with van der Waals surface area (Å²) in [5.74, 6) is 0.446.